The highest BCUT2D eigenvalue weighted by Gasteiger charge is 2.41. The van der Waals surface area contributed by atoms with Crippen LogP contribution in [-0.4, -0.2) is 0 Å². The van der Waals surface area contributed by atoms with Gasteiger partial charge in [-0.15, -0.1) is 0 Å². The summed E-state index contributed by atoms with van der Waals surface area (Å²) >= 11 is 0. The van der Waals surface area contributed by atoms with Crippen LogP contribution in [0.1, 0.15) is 27.8 Å². The molecule has 5 rings (SSSR count). The molecule has 0 nitrogen and oxygen atoms in total. The smallest absolute Gasteiger partial charge is 0.00397 e. The lowest BCUT2D eigenvalue weighted by Crippen LogP contribution is -2.27. The highest BCUT2D eigenvalue weighted by Crippen LogP contribution is 2.48. The Kier molecular flexibility index (Phi) is 3.38. The molecule has 0 spiro atoms. The molecule has 0 fully saturated rings. The van der Waals surface area contributed by atoms with E-state index in [2.05, 4.69) is 84.9 Å². The molecule has 0 radical (unpaired) electrons. The Morgan fingerprint density at radius 2 is 1.24 bits per heavy atom. The van der Waals surface area contributed by atoms with Crippen molar-refractivity contribution in [2.24, 2.45) is 5.41 Å². The minimum Gasteiger partial charge on any atom is -0.0622 e. The standard InChI is InChI=1S/C25H22/c1-2-8-19(9-3-1)16-25(17-22-12-6-7-13-23(22)18-25)24-14-20-10-4-5-11-21(20)15-24/h1-14H,15-18H2. The van der Waals surface area contributed by atoms with Gasteiger partial charge in [0.05, 0.1) is 0 Å². The number of fused-ring (bicyclic) bond motifs is 2. The van der Waals surface area contributed by atoms with E-state index in [0.717, 1.165) is 25.7 Å². The fourth-order valence-corrected chi connectivity index (χ4v) is 4.77. The molecule has 122 valence electrons. The summed E-state index contributed by atoms with van der Waals surface area (Å²) in [5.41, 5.74) is 9.28. The molecule has 25 heavy (non-hydrogen) atoms. The Labute approximate surface area is 149 Å². The molecule has 0 amide bonds. The van der Waals surface area contributed by atoms with Crippen molar-refractivity contribution in [1.29, 1.82) is 0 Å². The largest absolute Gasteiger partial charge is 0.0622 e. The molecule has 0 N–H and O–H groups in total. The van der Waals surface area contributed by atoms with E-state index in [9.17, 15) is 0 Å². The Bertz CT molecular complexity index is 922. The van der Waals surface area contributed by atoms with Crippen molar-refractivity contribution in [3.63, 3.8) is 0 Å². The van der Waals surface area contributed by atoms with Gasteiger partial charge >= 0.3 is 0 Å². The van der Waals surface area contributed by atoms with Crippen LogP contribution in [0.2, 0.25) is 0 Å². The minimum absolute atomic E-state index is 0.226. The normalized spacial score (nSPS) is 17.0. The first-order valence-corrected chi connectivity index (χ1v) is 9.22. The second-order valence-electron chi connectivity index (χ2n) is 7.61. The van der Waals surface area contributed by atoms with Gasteiger partial charge in [0.2, 0.25) is 0 Å². The lowest BCUT2D eigenvalue weighted by Gasteiger charge is -2.31. The van der Waals surface area contributed by atoms with E-state index in [1.54, 1.807) is 5.57 Å². The molecule has 0 bridgehead atoms. The average molecular weight is 322 g/mol. The van der Waals surface area contributed by atoms with Crippen LogP contribution in [0, 0.1) is 5.41 Å². The zero-order valence-corrected chi connectivity index (χ0v) is 14.4. The second kappa shape index (κ2) is 5.74. The SMILES string of the molecule is C1=C(C2(Cc3ccccc3)Cc3ccccc3C2)Cc2ccccc21. The molecule has 0 saturated carbocycles. The highest BCUT2D eigenvalue weighted by molar-refractivity contribution is 5.66. The van der Waals surface area contributed by atoms with E-state index in [0.29, 0.717) is 0 Å². The Morgan fingerprint density at radius 3 is 1.92 bits per heavy atom. The lowest BCUT2D eigenvalue weighted by atomic mass is 9.72. The molecule has 3 aromatic carbocycles. The summed E-state index contributed by atoms with van der Waals surface area (Å²) < 4.78 is 0. The van der Waals surface area contributed by atoms with Crippen LogP contribution >= 0.6 is 0 Å². The van der Waals surface area contributed by atoms with Gasteiger partial charge in [-0.1, -0.05) is 90.5 Å². The van der Waals surface area contributed by atoms with Crippen LogP contribution < -0.4 is 0 Å². The second-order valence-corrected chi connectivity index (χ2v) is 7.61. The summed E-state index contributed by atoms with van der Waals surface area (Å²) in [4.78, 5) is 0. The molecule has 0 saturated heterocycles. The Morgan fingerprint density at radius 1 is 0.640 bits per heavy atom. The molecular weight excluding hydrogens is 300 g/mol. The third kappa shape index (κ3) is 2.53. The van der Waals surface area contributed by atoms with Crippen molar-refractivity contribution in [3.8, 4) is 0 Å². The van der Waals surface area contributed by atoms with E-state index in [1.807, 2.05) is 0 Å². The molecule has 0 atom stereocenters. The zero-order valence-electron chi connectivity index (χ0n) is 14.4. The van der Waals surface area contributed by atoms with Gasteiger partial charge < -0.3 is 0 Å². The van der Waals surface area contributed by atoms with Crippen LogP contribution in [0.25, 0.3) is 6.08 Å². The Balaban J connectivity index is 1.57. The maximum Gasteiger partial charge on any atom is 0.00397 e. The van der Waals surface area contributed by atoms with E-state index >= 15 is 0 Å². The fraction of sp³-hybridized carbons (Fsp3) is 0.200. The predicted molar refractivity (Wildman–Crippen MR) is 105 cm³/mol. The van der Waals surface area contributed by atoms with Gasteiger partial charge in [-0.05, 0) is 53.5 Å². The highest BCUT2D eigenvalue weighted by atomic mass is 14.4. The van der Waals surface area contributed by atoms with Gasteiger partial charge in [0.1, 0.15) is 0 Å². The molecule has 0 aliphatic heterocycles. The van der Waals surface area contributed by atoms with Gasteiger partial charge in [0.15, 0.2) is 0 Å². The summed E-state index contributed by atoms with van der Waals surface area (Å²) in [5.74, 6) is 0. The molecule has 0 unspecified atom stereocenters. The topological polar surface area (TPSA) is 0 Å². The molecule has 3 aromatic rings. The summed E-state index contributed by atoms with van der Waals surface area (Å²) in [6.45, 7) is 0. The number of hydrogen-bond acceptors (Lipinski definition) is 0. The molecule has 2 aliphatic rings. The van der Waals surface area contributed by atoms with Gasteiger partial charge in [-0.25, -0.2) is 0 Å². The van der Waals surface area contributed by atoms with Crippen molar-refractivity contribution >= 4 is 6.08 Å². The van der Waals surface area contributed by atoms with Crippen LogP contribution in [0.4, 0.5) is 0 Å². The fourth-order valence-electron chi connectivity index (χ4n) is 4.77. The van der Waals surface area contributed by atoms with Crippen LogP contribution in [0.5, 0.6) is 0 Å². The van der Waals surface area contributed by atoms with Crippen molar-refractivity contribution in [2.75, 3.05) is 0 Å². The van der Waals surface area contributed by atoms with E-state index in [1.165, 1.54) is 27.8 Å². The summed E-state index contributed by atoms with van der Waals surface area (Å²) in [7, 11) is 0. The quantitative estimate of drug-likeness (QED) is 0.584. The molecule has 0 aromatic heterocycles. The summed E-state index contributed by atoms with van der Waals surface area (Å²) in [5, 5.41) is 0. The lowest BCUT2D eigenvalue weighted by molar-refractivity contribution is 0.371. The molecule has 2 aliphatic carbocycles. The predicted octanol–water partition coefficient (Wildman–Crippen LogP) is 5.65. The van der Waals surface area contributed by atoms with Gasteiger partial charge in [0, 0.05) is 5.41 Å². The third-order valence-corrected chi connectivity index (χ3v) is 6.01. The average Bonchev–Trinajstić information content (AvgIpc) is 3.24. The monoisotopic (exact) mass is 322 g/mol. The van der Waals surface area contributed by atoms with Crippen LogP contribution in [-0.2, 0) is 25.7 Å². The van der Waals surface area contributed by atoms with Crippen LogP contribution in [0.15, 0.2) is 84.4 Å². The number of rotatable bonds is 3. The van der Waals surface area contributed by atoms with Gasteiger partial charge in [-0.2, -0.15) is 0 Å². The minimum atomic E-state index is 0.226. The maximum atomic E-state index is 2.48. The third-order valence-electron chi connectivity index (χ3n) is 6.01. The maximum absolute atomic E-state index is 2.48. The van der Waals surface area contributed by atoms with Crippen LogP contribution in [0.3, 0.4) is 0 Å². The first-order valence-electron chi connectivity index (χ1n) is 9.22. The van der Waals surface area contributed by atoms with Gasteiger partial charge in [0.25, 0.3) is 0 Å². The molecular formula is C25H22. The van der Waals surface area contributed by atoms with Gasteiger partial charge in [-0.3, -0.25) is 0 Å². The first kappa shape index (κ1) is 14.7. The van der Waals surface area contributed by atoms with Crippen molar-refractivity contribution < 1.29 is 0 Å². The van der Waals surface area contributed by atoms with Crippen molar-refractivity contribution in [3.05, 3.63) is 112 Å². The van der Waals surface area contributed by atoms with E-state index in [-0.39, 0.29) is 5.41 Å². The molecule has 0 heteroatoms. The summed E-state index contributed by atoms with van der Waals surface area (Å²) in [6.07, 6.45) is 7.04. The number of allylic oxidation sites excluding steroid dienone is 1. The van der Waals surface area contributed by atoms with Crippen molar-refractivity contribution in [2.45, 2.75) is 25.7 Å². The zero-order chi connectivity index (χ0) is 16.7. The molecule has 0 heterocycles. The summed E-state index contributed by atoms with van der Waals surface area (Å²) in [6, 6.07) is 28.9. The number of benzene rings is 3. The number of hydrogen-bond donors (Lipinski definition) is 0. The van der Waals surface area contributed by atoms with E-state index < -0.39 is 0 Å². The van der Waals surface area contributed by atoms with Crippen molar-refractivity contribution in [1.82, 2.24) is 0 Å². The van der Waals surface area contributed by atoms with E-state index in [4.69, 9.17) is 0 Å². The Hall–Kier alpha value is -2.60. The first-order chi connectivity index (χ1) is 12.3.